The van der Waals surface area contributed by atoms with Gasteiger partial charge in [0.15, 0.2) is 0 Å². The number of nitrogens with one attached hydrogen (secondary N) is 1. The third-order valence-electron chi connectivity index (χ3n) is 3.00. The van der Waals surface area contributed by atoms with Crippen LogP contribution < -0.4 is 5.32 Å². The molecule has 19 heavy (non-hydrogen) atoms. The molecule has 100 valence electrons. The Kier molecular flexibility index (Phi) is 4.78. The first-order valence-corrected chi connectivity index (χ1v) is 7.54. The van der Waals surface area contributed by atoms with Crippen molar-refractivity contribution in [2.75, 3.05) is 12.4 Å². The van der Waals surface area contributed by atoms with Gasteiger partial charge in [0.25, 0.3) is 0 Å². The molecule has 1 N–H and O–H groups in total. The summed E-state index contributed by atoms with van der Waals surface area (Å²) in [4.78, 5) is 2.29. The molecule has 0 spiro atoms. The summed E-state index contributed by atoms with van der Waals surface area (Å²) < 4.78 is 0. The van der Waals surface area contributed by atoms with Gasteiger partial charge in [0.1, 0.15) is 0 Å². The highest BCUT2D eigenvalue weighted by Gasteiger charge is 2.05. The van der Waals surface area contributed by atoms with Crippen LogP contribution >= 0.6 is 23.4 Å². The van der Waals surface area contributed by atoms with Crippen LogP contribution in [0, 0.1) is 0 Å². The average Bonchev–Trinajstić information content (AvgIpc) is 2.41. The predicted molar refractivity (Wildman–Crippen MR) is 85.7 cm³/mol. The molecule has 0 bridgehead atoms. The first kappa shape index (κ1) is 14.3. The molecule has 0 fully saturated rings. The number of benzene rings is 2. The standard InChI is InChI=1S/C16H18ClNS/c1-11(2)12-4-7-14(8-5-12)19-16-9-6-13(18-3)10-15(16)17/h4-11,18H,1-3H3. The van der Waals surface area contributed by atoms with E-state index in [0.29, 0.717) is 5.92 Å². The lowest BCUT2D eigenvalue weighted by Gasteiger charge is -2.09. The van der Waals surface area contributed by atoms with Gasteiger partial charge in [0, 0.05) is 22.5 Å². The second-order valence-electron chi connectivity index (χ2n) is 4.72. The van der Waals surface area contributed by atoms with Crippen LogP contribution in [0.5, 0.6) is 0 Å². The molecule has 0 unspecified atom stereocenters. The van der Waals surface area contributed by atoms with E-state index in [9.17, 15) is 0 Å². The highest BCUT2D eigenvalue weighted by atomic mass is 35.5. The van der Waals surface area contributed by atoms with Crippen molar-refractivity contribution in [3.8, 4) is 0 Å². The Hall–Kier alpha value is -1.12. The van der Waals surface area contributed by atoms with Gasteiger partial charge in [-0.05, 0) is 41.8 Å². The monoisotopic (exact) mass is 291 g/mol. The van der Waals surface area contributed by atoms with Crippen LogP contribution in [-0.4, -0.2) is 7.05 Å². The lowest BCUT2D eigenvalue weighted by Crippen LogP contribution is -1.88. The number of hydrogen-bond acceptors (Lipinski definition) is 2. The van der Waals surface area contributed by atoms with E-state index in [0.717, 1.165) is 15.6 Å². The molecule has 0 aliphatic carbocycles. The summed E-state index contributed by atoms with van der Waals surface area (Å²) in [5.41, 5.74) is 2.39. The molecule has 0 aliphatic rings. The van der Waals surface area contributed by atoms with Gasteiger partial charge < -0.3 is 5.32 Å². The molecule has 2 rings (SSSR count). The third-order valence-corrected chi connectivity index (χ3v) is 4.50. The molecule has 0 saturated heterocycles. The van der Waals surface area contributed by atoms with E-state index in [-0.39, 0.29) is 0 Å². The summed E-state index contributed by atoms with van der Waals surface area (Å²) >= 11 is 7.97. The molecule has 0 aliphatic heterocycles. The van der Waals surface area contributed by atoms with E-state index in [1.807, 2.05) is 19.2 Å². The van der Waals surface area contributed by atoms with Crippen LogP contribution in [0.4, 0.5) is 5.69 Å². The Labute approximate surface area is 124 Å². The Morgan fingerprint density at radius 2 is 1.74 bits per heavy atom. The van der Waals surface area contributed by atoms with Crippen molar-refractivity contribution in [3.05, 3.63) is 53.1 Å². The third kappa shape index (κ3) is 3.68. The maximum atomic E-state index is 6.28. The molecule has 2 aromatic carbocycles. The van der Waals surface area contributed by atoms with E-state index in [1.54, 1.807) is 11.8 Å². The van der Waals surface area contributed by atoms with Gasteiger partial charge in [0.2, 0.25) is 0 Å². The number of hydrogen-bond donors (Lipinski definition) is 1. The maximum absolute atomic E-state index is 6.28. The molecule has 0 aromatic heterocycles. The van der Waals surface area contributed by atoms with Crippen molar-refractivity contribution in [1.82, 2.24) is 0 Å². The SMILES string of the molecule is CNc1ccc(Sc2ccc(C(C)C)cc2)c(Cl)c1. The normalized spacial score (nSPS) is 10.8. The summed E-state index contributed by atoms with van der Waals surface area (Å²) in [5, 5.41) is 3.87. The molecule has 0 amide bonds. The number of halogens is 1. The molecule has 2 aromatic rings. The van der Waals surface area contributed by atoms with Crippen LogP contribution in [0.1, 0.15) is 25.3 Å². The fourth-order valence-corrected chi connectivity index (χ4v) is 2.90. The Bertz CT molecular complexity index is 549. The highest BCUT2D eigenvalue weighted by Crippen LogP contribution is 2.35. The van der Waals surface area contributed by atoms with Gasteiger partial charge >= 0.3 is 0 Å². The summed E-state index contributed by atoms with van der Waals surface area (Å²) in [5.74, 6) is 0.567. The van der Waals surface area contributed by atoms with Crippen molar-refractivity contribution >= 4 is 29.1 Å². The molecular weight excluding hydrogens is 274 g/mol. The Morgan fingerprint density at radius 3 is 2.26 bits per heavy atom. The summed E-state index contributed by atoms with van der Waals surface area (Å²) in [6.45, 7) is 4.41. The minimum absolute atomic E-state index is 0.567. The lowest BCUT2D eigenvalue weighted by atomic mass is 10.0. The molecule has 1 nitrogen and oxygen atoms in total. The minimum Gasteiger partial charge on any atom is -0.388 e. The van der Waals surface area contributed by atoms with Gasteiger partial charge in [-0.3, -0.25) is 0 Å². The zero-order chi connectivity index (χ0) is 13.8. The lowest BCUT2D eigenvalue weighted by molar-refractivity contribution is 0.865. The van der Waals surface area contributed by atoms with Crippen LogP contribution in [0.2, 0.25) is 5.02 Å². The van der Waals surface area contributed by atoms with Crippen LogP contribution in [0.15, 0.2) is 52.3 Å². The van der Waals surface area contributed by atoms with Crippen molar-refractivity contribution in [1.29, 1.82) is 0 Å². The van der Waals surface area contributed by atoms with Crippen molar-refractivity contribution in [2.24, 2.45) is 0 Å². The Balaban J connectivity index is 2.16. The second-order valence-corrected chi connectivity index (χ2v) is 6.24. The summed E-state index contributed by atoms with van der Waals surface area (Å²) in [6, 6.07) is 14.7. The largest absolute Gasteiger partial charge is 0.388 e. The smallest absolute Gasteiger partial charge is 0.0566 e. The molecule has 0 radical (unpaired) electrons. The van der Waals surface area contributed by atoms with Crippen LogP contribution in [0.3, 0.4) is 0 Å². The van der Waals surface area contributed by atoms with Gasteiger partial charge in [0.05, 0.1) is 5.02 Å². The van der Waals surface area contributed by atoms with E-state index in [2.05, 4.69) is 49.5 Å². The zero-order valence-electron chi connectivity index (χ0n) is 11.4. The second kappa shape index (κ2) is 6.36. The fraction of sp³-hybridized carbons (Fsp3) is 0.250. The van der Waals surface area contributed by atoms with Gasteiger partial charge in [-0.1, -0.05) is 49.3 Å². The molecule has 0 heterocycles. The first-order valence-electron chi connectivity index (χ1n) is 6.35. The molecule has 0 atom stereocenters. The number of rotatable bonds is 4. The highest BCUT2D eigenvalue weighted by molar-refractivity contribution is 7.99. The maximum Gasteiger partial charge on any atom is 0.0566 e. The number of anilines is 1. The predicted octanol–water partition coefficient (Wildman–Crippen LogP) is 5.66. The average molecular weight is 292 g/mol. The van der Waals surface area contributed by atoms with E-state index in [4.69, 9.17) is 11.6 Å². The van der Waals surface area contributed by atoms with Gasteiger partial charge in [-0.25, -0.2) is 0 Å². The van der Waals surface area contributed by atoms with E-state index in [1.165, 1.54) is 10.5 Å². The van der Waals surface area contributed by atoms with Crippen LogP contribution in [-0.2, 0) is 0 Å². The molecular formula is C16H18ClNS. The van der Waals surface area contributed by atoms with E-state index >= 15 is 0 Å². The quantitative estimate of drug-likeness (QED) is 0.780. The fourth-order valence-electron chi connectivity index (χ4n) is 1.79. The van der Waals surface area contributed by atoms with Gasteiger partial charge in [-0.2, -0.15) is 0 Å². The van der Waals surface area contributed by atoms with Crippen LogP contribution in [0.25, 0.3) is 0 Å². The minimum atomic E-state index is 0.567. The molecule has 3 heteroatoms. The van der Waals surface area contributed by atoms with Crippen molar-refractivity contribution < 1.29 is 0 Å². The van der Waals surface area contributed by atoms with Crippen molar-refractivity contribution in [3.63, 3.8) is 0 Å². The summed E-state index contributed by atoms with van der Waals surface area (Å²) in [6.07, 6.45) is 0. The topological polar surface area (TPSA) is 12.0 Å². The Morgan fingerprint density at radius 1 is 1.05 bits per heavy atom. The van der Waals surface area contributed by atoms with Crippen molar-refractivity contribution in [2.45, 2.75) is 29.6 Å². The van der Waals surface area contributed by atoms with E-state index < -0.39 is 0 Å². The zero-order valence-corrected chi connectivity index (χ0v) is 13.0. The summed E-state index contributed by atoms with van der Waals surface area (Å²) in [7, 11) is 1.89. The van der Waals surface area contributed by atoms with Gasteiger partial charge in [-0.15, -0.1) is 0 Å². The molecule has 0 saturated carbocycles. The first-order chi connectivity index (χ1) is 9.10.